The molecule has 150 valence electrons. The first-order valence-corrected chi connectivity index (χ1v) is 8.30. The van der Waals surface area contributed by atoms with Gasteiger partial charge in [-0.1, -0.05) is 6.07 Å². The van der Waals surface area contributed by atoms with E-state index in [0.29, 0.717) is 17.1 Å². The van der Waals surface area contributed by atoms with E-state index in [2.05, 4.69) is 16.0 Å². The molecule has 2 aromatic carbocycles. The van der Waals surface area contributed by atoms with Crippen LogP contribution in [-0.4, -0.2) is 25.0 Å². The number of carbonyl (C=O) groups excluding carboxylic acids is 2. The summed E-state index contributed by atoms with van der Waals surface area (Å²) in [5.74, 6) is -0.356. The molecule has 0 aliphatic heterocycles. The van der Waals surface area contributed by atoms with Crippen molar-refractivity contribution in [2.24, 2.45) is 0 Å². The number of hydrogen-bond acceptors (Lipinski definition) is 4. The highest BCUT2D eigenvalue weighted by Gasteiger charge is 2.30. The standard InChI is InChI=1S/C19H20F3N3O3/c1-11(18(27)25-14-6-4-5-13(9-14)19(20,21)22)23-16-10-15(24-12(2)26)7-8-17(16)28-3/h4-11,23H,1-3H3,(H,24,26)(H,25,27)/t11-/m1/s1. The minimum atomic E-state index is -4.50. The minimum Gasteiger partial charge on any atom is -0.495 e. The summed E-state index contributed by atoms with van der Waals surface area (Å²) in [7, 11) is 1.45. The molecule has 2 amide bonds. The van der Waals surface area contributed by atoms with Crippen molar-refractivity contribution in [3.05, 3.63) is 48.0 Å². The van der Waals surface area contributed by atoms with Gasteiger partial charge in [-0.15, -0.1) is 0 Å². The summed E-state index contributed by atoms with van der Waals surface area (Å²) in [6.07, 6.45) is -4.50. The van der Waals surface area contributed by atoms with Gasteiger partial charge in [0.25, 0.3) is 0 Å². The Bertz CT molecular complexity index is 869. The van der Waals surface area contributed by atoms with Crippen molar-refractivity contribution < 1.29 is 27.5 Å². The van der Waals surface area contributed by atoms with Crippen molar-refractivity contribution in [2.45, 2.75) is 26.1 Å². The molecule has 0 saturated heterocycles. The largest absolute Gasteiger partial charge is 0.495 e. The molecule has 0 aromatic heterocycles. The SMILES string of the molecule is COc1ccc(NC(C)=O)cc1N[C@H](C)C(=O)Nc1cccc(C(F)(F)F)c1. The van der Waals surface area contributed by atoms with Crippen LogP contribution in [0.1, 0.15) is 19.4 Å². The third-order valence-electron chi connectivity index (χ3n) is 3.74. The first-order valence-electron chi connectivity index (χ1n) is 8.30. The van der Waals surface area contributed by atoms with E-state index in [1.807, 2.05) is 0 Å². The molecule has 6 nitrogen and oxygen atoms in total. The van der Waals surface area contributed by atoms with Gasteiger partial charge in [-0.3, -0.25) is 9.59 Å². The molecule has 0 bridgehead atoms. The third kappa shape index (κ3) is 5.63. The van der Waals surface area contributed by atoms with Gasteiger partial charge in [0, 0.05) is 18.3 Å². The Hall–Kier alpha value is -3.23. The Balaban J connectivity index is 2.13. The van der Waals surface area contributed by atoms with Gasteiger partial charge in [0.1, 0.15) is 11.8 Å². The van der Waals surface area contributed by atoms with E-state index >= 15 is 0 Å². The summed E-state index contributed by atoms with van der Waals surface area (Å²) < 4.78 is 43.6. The Morgan fingerprint density at radius 1 is 1.04 bits per heavy atom. The zero-order valence-electron chi connectivity index (χ0n) is 15.5. The number of amides is 2. The quantitative estimate of drug-likeness (QED) is 0.688. The van der Waals surface area contributed by atoms with Crippen LogP contribution in [0.2, 0.25) is 0 Å². The summed E-state index contributed by atoms with van der Waals surface area (Å²) in [6, 6.07) is 8.43. The van der Waals surface area contributed by atoms with Gasteiger partial charge in [0.05, 0.1) is 18.4 Å². The fourth-order valence-corrected chi connectivity index (χ4v) is 2.42. The number of rotatable bonds is 6. The van der Waals surface area contributed by atoms with Gasteiger partial charge < -0.3 is 20.7 Å². The van der Waals surface area contributed by atoms with Crippen LogP contribution in [0.15, 0.2) is 42.5 Å². The van der Waals surface area contributed by atoms with Crippen LogP contribution in [0.25, 0.3) is 0 Å². The molecule has 0 aliphatic carbocycles. The Labute approximate surface area is 160 Å². The number of nitrogens with one attached hydrogen (secondary N) is 3. The van der Waals surface area contributed by atoms with Crippen LogP contribution < -0.4 is 20.7 Å². The normalized spacial score (nSPS) is 12.1. The topological polar surface area (TPSA) is 79.5 Å². The summed E-state index contributed by atoms with van der Waals surface area (Å²) in [4.78, 5) is 23.6. The lowest BCUT2D eigenvalue weighted by molar-refractivity contribution is -0.137. The number of halogens is 3. The number of anilines is 3. The average Bonchev–Trinajstić information content (AvgIpc) is 2.61. The highest BCUT2D eigenvalue weighted by Crippen LogP contribution is 2.31. The first kappa shape index (κ1) is 21.1. The number of methoxy groups -OCH3 is 1. The zero-order valence-corrected chi connectivity index (χ0v) is 15.5. The lowest BCUT2D eigenvalue weighted by Gasteiger charge is -2.18. The van der Waals surface area contributed by atoms with Crippen LogP contribution in [0.4, 0.5) is 30.2 Å². The molecule has 0 radical (unpaired) electrons. The molecule has 0 saturated carbocycles. The van der Waals surface area contributed by atoms with E-state index < -0.39 is 23.7 Å². The van der Waals surface area contributed by atoms with Crippen molar-refractivity contribution in [3.63, 3.8) is 0 Å². The molecule has 2 aromatic rings. The van der Waals surface area contributed by atoms with Crippen LogP contribution in [0, 0.1) is 0 Å². The van der Waals surface area contributed by atoms with Crippen molar-refractivity contribution in [1.29, 1.82) is 0 Å². The second kappa shape index (κ2) is 8.64. The van der Waals surface area contributed by atoms with E-state index in [-0.39, 0.29) is 11.6 Å². The molecule has 0 heterocycles. The maximum Gasteiger partial charge on any atom is 0.416 e. The van der Waals surface area contributed by atoms with Gasteiger partial charge >= 0.3 is 6.18 Å². The number of alkyl halides is 3. The first-order chi connectivity index (χ1) is 13.1. The van der Waals surface area contributed by atoms with Crippen LogP contribution in [0.3, 0.4) is 0 Å². The lowest BCUT2D eigenvalue weighted by atomic mass is 10.2. The predicted molar refractivity (Wildman–Crippen MR) is 100 cm³/mol. The maximum atomic E-state index is 12.8. The van der Waals surface area contributed by atoms with Crippen molar-refractivity contribution in [1.82, 2.24) is 0 Å². The van der Waals surface area contributed by atoms with Crippen molar-refractivity contribution in [2.75, 3.05) is 23.1 Å². The second-order valence-corrected chi connectivity index (χ2v) is 6.03. The van der Waals surface area contributed by atoms with Crippen molar-refractivity contribution >= 4 is 28.9 Å². The molecule has 0 unspecified atom stereocenters. The van der Waals surface area contributed by atoms with Crippen molar-refractivity contribution in [3.8, 4) is 5.75 Å². The van der Waals surface area contributed by atoms with Crippen LogP contribution in [-0.2, 0) is 15.8 Å². The molecule has 0 spiro atoms. The van der Waals surface area contributed by atoms with Gasteiger partial charge in [0.2, 0.25) is 11.8 Å². The Kier molecular flexibility index (Phi) is 6.50. The highest BCUT2D eigenvalue weighted by atomic mass is 19.4. The summed E-state index contributed by atoms with van der Waals surface area (Å²) in [5.41, 5.74) is 0.129. The molecular weight excluding hydrogens is 375 g/mol. The number of ether oxygens (including phenoxy) is 1. The van der Waals surface area contributed by atoms with E-state index in [0.717, 1.165) is 12.1 Å². The molecule has 0 fully saturated rings. The highest BCUT2D eigenvalue weighted by molar-refractivity contribution is 5.97. The van der Waals surface area contributed by atoms with E-state index in [1.54, 1.807) is 25.1 Å². The molecule has 1 atom stereocenters. The predicted octanol–water partition coefficient (Wildman–Crippen LogP) is 4.11. The van der Waals surface area contributed by atoms with Crippen LogP contribution >= 0.6 is 0 Å². The summed E-state index contributed by atoms with van der Waals surface area (Å²) in [6.45, 7) is 2.91. The second-order valence-electron chi connectivity index (χ2n) is 6.03. The number of benzene rings is 2. The average molecular weight is 395 g/mol. The van der Waals surface area contributed by atoms with Gasteiger partial charge in [0.15, 0.2) is 0 Å². The number of carbonyl (C=O) groups is 2. The zero-order chi connectivity index (χ0) is 20.9. The van der Waals surface area contributed by atoms with E-state index in [4.69, 9.17) is 4.74 Å². The van der Waals surface area contributed by atoms with E-state index in [1.165, 1.54) is 26.2 Å². The van der Waals surface area contributed by atoms with Gasteiger partial charge in [-0.25, -0.2) is 0 Å². The third-order valence-corrected chi connectivity index (χ3v) is 3.74. The van der Waals surface area contributed by atoms with Crippen LogP contribution in [0.5, 0.6) is 5.75 Å². The minimum absolute atomic E-state index is 0.0347. The molecule has 28 heavy (non-hydrogen) atoms. The molecular formula is C19H20F3N3O3. The van der Waals surface area contributed by atoms with Gasteiger partial charge in [-0.05, 0) is 43.3 Å². The summed E-state index contributed by atoms with van der Waals surface area (Å²) in [5, 5.41) is 7.99. The Morgan fingerprint density at radius 2 is 1.71 bits per heavy atom. The molecule has 9 heteroatoms. The molecule has 2 rings (SSSR count). The van der Waals surface area contributed by atoms with E-state index in [9.17, 15) is 22.8 Å². The summed E-state index contributed by atoms with van der Waals surface area (Å²) >= 11 is 0. The molecule has 3 N–H and O–H groups in total. The Morgan fingerprint density at radius 3 is 2.32 bits per heavy atom. The van der Waals surface area contributed by atoms with Gasteiger partial charge in [-0.2, -0.15) is 13.2 Å². The monoisotopic (exact) mass is 395 g/mol. The maximum absolute atomic E-state index is 12.8. The lowest BCUT2D eigenvalue weighted by Crippen LogP contribution is -2.32. The number of hydrogen-bond donors (Lipinski definition) is 3. The smallest absolute Gasteiger partial charge is 0.416 e. The fraction of sp³-hybridized carbons (Fsp3) is 0.263. The fourth-order valence-electron chi connectivity index (χ4n) is 2.42. The molecule has 0 aliphatic rings.